The smallest absolute Gasteiger partial charge is 0.247 e. The molecule has 3 aromatic rings. The fourth-order valence-electron chi connectivity index (χ4n) is 2.30. The van der Waals surface area contributed by atoms with Crippen molar-refractivity contribution in [1.82, 2.24) is 10.2 Å². The van der Waals surface area contributed by atoms with E-state index in [0.29, 0.717) is 24.7 Å². The van der Waals surface area contributed by atoms with Crippen LogP contribution < -0.4 is 14.8 Å². The summed E-state index contributed by atoms with van der Waals surface area (Å²) in [5.41, 5.74) is 1.81. The lowest BCUT2D eigenvalue weighted by Gasteiger charge is -2.11. The van der Waals surface area contributed by atoms with Crippen molar-refractivity contribution in [3.63, 3.8) is 0 Å². The summed E-state index contributed by atoms with van der Waals surface area (Å²) in [5.74, 6) is 2.60. The van der Waals surface area contributed by atoms with E-state index in [1.165, 1.54) is 0 Å². The summed E-state index contributed by atoms with van der Waals surface area (Å²) in [5, 5.41) is 11.5. The van der Waals surface area contributed by atoms with Gasteiger partial charge in [-0.05, 0) is 24.3 Å². The molecule has 0 amide bonds. The van der Waals surface area contributed by atoms with Crippen molar-refractivity contribution in [2.75, 3.05) is 26.1 Å². The summed E-state index contributed by atoms with van der Waals surface area (Å²) in [7, 11) is 3.26. The number of methoxy groups -OCH3 is 2. The number of ether oxygens (including phenoxy) is 2. The topological polar surface area (TPSA) is 69.4 Å². The molecule has 0 saturated heterocycles. The van der Waals surface area contributed by atoms with Gasteiger partial charge in [-0.3, -0.25) is 0 Å². The normalized spacial score (nSPS) is 10.4. The van der Waals surface area contributed by atoms with Gasteiger partial charge in [0.2, 0.25) is 11.8 Å². The van der Waals surface area contributed by atoms with E-state index in [9.17, 15) is 0 Å². The molecule has 1 N–H and O–H groups in total. The van der Waals surface area contributed by atoms with Crippen LogP contribution in [-0.4, -0.2) is 31.0 Å². The van der Waals surface area contributed by atoms with E-state index in [4.69, 9.17) is 13.9 Å². The van der Waals surface area contributed by atoms with Gasteiger partial charge >= 0.3 is 0 Å². The fraction of sp³-hybridized carbons (Fsp3) is 0.222. The van der Waals surface area contributed by atoms with Gasteiger partial charge in [-0.2, -0.15) is 0 Å². The maximum Gasteiger partial charge on any atom is 0.247 e. The standard InChI is InChI=1S/C18H19N3O3/c1-22-14-8-9-15(16(12-14)23-2)19-11-10-17-20-21-18(24-17)13-6-4-3-5-7-13/h3-9,12,19H,10-11H2,1-2H3. The van der Waals surface area contributed by atoms with Gasteiger partial charge in [0.1, 0.15) is 11.5 Å². The molecule has 0 aliphatic rings. The molecule has 6 nitrogen and oxygen atoms in total. The summed E-state index contributed by atoms with van der Waals surface area (Å²) in [6.07, 6.45) is 0.620. The lowest BCUT2D eigenvalue weighted by Crippen LogP contribution is -2.06. The zero-order chi connectivity index (χ0) is 16.8. The molecule has 0 radical (unpaired) electrons. The Morgan fingerprint density at radius 2 is 1.83 bits per heavy atom. The molecule has 1 aromatic heterocycles. The van der Waals surface area contributed by atoms with Crippen LogP contribution in [-0.2, 0) is 6.42 Å². The van der Waals surface area contributed by atoms with E-state index in [1.807, 2.05) is 48.5 Å². The Balaban J connectivity index is 1.60. The SMILES string of the molecule is COc1ccc(NCCc2nnc(-c3ccccc3)o2)c(OC)c1. The molecular formula is C18H19N3O3. The Labute approximate surface area is 140 Å². The first kappa shape index (κ1) is 15.9. The third kappa shape index (κ3) is 3.65. The summed E-state index contributed by atoms with van der Waals surface area (Å²) in [6, 6.07) is 15.4. The average Bonchev–Trinajstić information content (AvgIpc) is 3.11. The zero-order valence-electron chi connectivity index (χ0n) is 13.7. The monoisotopic (exact) mass is 325 g/mol. The van der Waals surface area contributed by atoms with Crippen LogP contribution in [0.2, 0.25) is 0 Å². The minimum absolute atomic E-state index is 0.535. The maximum absolute atomic E-state index is 5.69. The summed E-state index contributed by atoms with van der Waals surface area (Å²) in [6.45, 7) is 0.652. The van der Waals surface area contributed by atoms with Crippen LogP contribution >= 0.6 is 0 Å². The molecule has 0 saturated carbocycles. The van der Waals surface area contributed by atoms with Crippen LogP contribution in [0.3, 0.4) is 0 Å². The molecule has 0 aliphatic heterocycles. The zero-order valence-corrected chi connectivity index (χ0v) is 13.7. The summed E-state index contributed by atoms with van der Waals surface area (Å²) in [4.78, 5) is 0. The predicted octanol–water partition coefficient (Wildman–Crippen LogP) is 3.41. The largest absolute Gasteiger partial charge is 0.497 e. The first-order valence-corrected chi connectivity index (χ1v) is 7.64. The second-order valence-corrected chi connectivity index (χ2v) is 5.11. The first-order valence-electron chi connectivity index (χ1n) is 7.64. The molecule has 2 aromatic carbocycles. The number of rotatable bonds is 7. The van der Waals surface area contributed by atoms with Crippen molar-refractivity contribution >= 4 is 5.69 Å². The molecule has 24 heavy (non-hydrogen) atoms. The highest BCUT2D eigenvalue weighted by molar-refractivity contribution is 5.59. The molecule has 6 heteroatoms. The van der Waals surface area contributed by atoms with Crippen LogP contribution in [0.4, 0.5) is 5.69 Å². The van der Waals surface area contributed by atoms with Crippen molar-refractivity contribution in [3.05, 3.63) is 54.4 Å². The summed E-state index contributed by atoms with van der Waals surface area (Å²) >= 11 is 0. The highest BCUT2D eigenvalue weighted by Crippen LogP contribution is 2.28. The molecule has 0 aliphatic carbocycles. The van der Waals surface area contributed by atoms with Gasteiger partial charge in [0, 0.05) is 24.6 Å². The number of aromatic nitrogens is 2. The minimum Gasteiger partial charge on any atom is -0.497 e. The Morgan fingerprint density at radius 3 is 2.58 bits per heavy atom. The number of nitrogens with one attached hydrogen (secondary N) is 1. The number of nitrogens with zero attached hydrogens (tertiary/aromatic N) is 2. The highest BCUT2D eigenvalue weighted by Gasteiger charge is 2.09. The van der Waals surface area contributed by atoms with Crippen molar-refractivity contribution in [1.29, 1.82) is 0 Å². The van der Waals surface area contributed by atoms with E-state index in [2.05, 4.69) is 15.5 Å². The molecule has 0 spiro atoms. The lowest BCUT2D eigenvalue weighted by atomic mass is 10.2. The molecule has 0 fully saturated rings. The minimum atomic E-state index is 0.535. The molecule has 1 heterocycles. The fourth-order valence-corrected chi connectivity index (χ4v) is 2.30. The third-order valence-electron chi connectivity index (χ3n) is 3.55. The van der Waals surface area contributed by atoms with Crippen molar-refractivity contribution in [3.8, 4) is 23.0 Å². The lowest BCUT2D eigenvalue weighted by molar-refractivity contribution is 0.395. The number of anilines is 1. The van der Waals surface area contributed by atoms with Crippen molar-refractivity contribution < 1.29 is 13.9 Å². The van der Waals surface area contributed by atoms with Crippen LogP contribution in [0.25, 0.3) is 11.5 Å². The maximum atomic E-state index is 5.69. The third-order valence-corrected chi connectivity index (χ3v) is 3.55. The van der Waals surface area contributed by atoms with Gasteiger partial charge in [0.25, 0.3) is 0 Å². The Kier molecular flexibility index (Phi) is 4.96. The molecule has 0 unspecified atom stereocenters. The Morgan fingerprint density at radius 1 is 1.00 bits per heavy atom. The van der Waals surface area contributed by atoms with Gasteiger partial charge in [0.05, 0.1) is 19.9 Å². The number of hydrogen-bond acceptors (Lipinski definition) is 6. The Bertz CT molecular complexity index is 787. The van der Waals surface area contributed by atoms with Gasteiger partial charge in [-0.25, -0.2) is 0 Å². The van der Waals surface area contributed by atoms with Crippen LogP contribution in [0.5, 0.6) is 11.5 Å². The molecule has 124 valence electrons. The van der Waals surface area contributed by atoms with E-state index in [-0.39, 0.29) is 0 Å². The average molecular weight is 325 g/mol. The Hall–Kier alpha value is -3.02. The van der Waals surface area contributed by atoms with Crippen molar-refractivity contribution in [2.24, 2.45) is 0 Å². The molecular weight excluding hydrogens is 306 g/mol. The van der Waals surface area contributed by atoms with Gasteiger partial charge in [-0.15, -0.1) is 10.2 Å². The van der Waals surface area contributed by atoms with Gasteiger partial charge in [-0.1, -0.05) is 18.2 Å². The van der Waals surface area contributed by atoms with E-state index in [1.54, 1.807) is 14.2 Å². The summed E-state index contributed by atoms with van der Waals surface area (Å²) < 4.78 is 16.2. The van der Waals surface area contributed by atoms with E-state index in [0.717, 1.165) is 22.7 Å². The van der Waals surface area contributed by atoms with E-state index >= 15 is 0 Å². The van der Waals surface area contributed by atoms with Crippen molar-refractivity contribution in [2.45, 2.75) is 6.42 Å². The molecule has 0 atom stereocenters. The van der Waals surface area contributed by atoms with Gasteiger partial charge in [0.15, 0.2) is 0 Å². The van der Waals surface area contributed by atoms with Crippen LogP contribution in [0, 0.1) is 0 Å². The van der Waals surface area contributed by atoms with Gasteiger partial charge < -0.3 is 19.2 Å². The quantitative estimate of drug-likeness (QED) is 0.718. The number of benzene rings is 2. The second kappa shape index (κ2) is 7.50. The molecule has 0 bridgehead atoms. The predicted molar refractivity (Wildman–Crippen MR) is 91.5 cm³/mol. The first-order chi connectivity index (χ1) is 11.8. The number of hydrogen-bond donors (Lipinski definition) is 1. The van der Waals surface area contributed by atoms with E-state index < -0.39 is 0 Å². The highest BCUT2D eigenvalue weighted by atomic mass is 16.5. The van der Waals surface area contributed by atoms with Crippen LogP contribution in [0.1, 0.15) is 5.89 Å². The molecule has 3 rings (SSSR count). The second-order valence-electron chi connectivity index (χ2n) is 5.11. The van der Waals surface area contributed by atoms with Crippen LogP contribution in [0.15, 0.2) is 52.9 Å².